The van der Waals surface area contributed by atoms with E-state index in [0.29, 0.717) is 22.9 Å². The van der Waals surface area contributed by atoms with Crippen molar-refractivity contribution in [2.24, 2.45) is 5.73 Å². The monoisotopic (exact) mass is 639 g/mol. The number of alkyl halides is 3. The zero-order valence-electron chi connectivity index (χ0n) is 23.4. The Morgan fingerprint density at radius 2 is 1.73 bits per heavy atom. The Kier molecular flexibility index (Phi) is 12.0. The quantitative estimate of drug-likeness (QED) is 0.211. The van der Waals surface area contributed by atoms with Gasteiger partial charge in [0.1, 0.15) is 23.5 Å². The molecule has 1 atom stereocenters. The van der Waals surface area contributed by atoms with Gasteiger partial charge in [-0.25, -0.2) is 14.2 Å². The van der Waals surface area contributed by atoms with Crippen LogP contribution >= 0.6 is 11.6 Å². The van der Waals surface area contributed by atoms with E-state index in [-0.39, 0.29) is 29.1 Å². The summed E-state index contributed by atoms with van der Waals surface area (Å²) in [6.07, 6.45) is -2.10. The number of aliphatic carboxylic acids is 1. The predicted molar refractivity (Wildman–Crippen MR) is 156 cm³/mol. The number of amides is 2. The first kappa shape index (κ1) is 34.2. The van der Waals surface area contributed by atoms with Crippen LogP contribution in [0.4, 0.5) is 29.1 Å². The third kappa shape index (κ3) is 9.89. The van der Waals surface area contributed by atoms with E-state index < -0.39 is 29.8 Å². The molecule has 0 saturated carbocycles. The van der Waals surface area contributed by atoms with Crippen LogP contribution in [0.25, 0.3) is 0 Å². The average molecular weight is 640 g/mol. The van der Waals surface area contributed by atoms with Gasteiger partial charge in [-0.3, -0.25) is 9.59 Å². The summed E-state index contributed by atoms with van der Waals surface area (Å²) in [6.45, 7) is 4.13. The number of nitrogens with two attached hydrogens (primary N) is 1. The standard InChI is InChI=1S/C27H29ClFN5O3.C2HF3O2/c1-16(14-30)17-2-5-21(24(12-17)37-20-8-10-31-11-9-20)26(35)33-23-6-4-19(29)13-22(23)27(36)34-25-7-3-18(28)15-32-25;3-2(4,5)1(6)7/h2-7,12-13,15-16,20,31H,8-11,14,30H2,1H3,(H,33,35)(H,32,34,36);(H,6,7). The first-order valence-electron chi connectivity index (χ1n) is 13.3. The van der Waals surface area contributed by atoms with Gasteiger partial charge in [-0.05, 0) is 86.4 Å². The molecule has 0 aliphatic carbocycles. The van der Waals surface area contributed by atoms with E-state index in [1.807, 2.05) is 19.1 Å². The Balaban J connectivity index is 0.000000676. The minimum atomic E-state index is -5.08. The summed E-state index contributed by atoms with van der Waals surface area (Å²) < 4.78 is 52.1. The number of hydrogen-bond acceptors (Lipinski definition) is 7. The van der Waals surface area contributed by atoms with Crippen LogP contribution < -0.4 is 26.4 Å². The Hall–Kier alpha value is -4.27. The molecule has 0 spiro atoms. The average Bonchev–Trinajstić information content (AvgIpc) is 2.99. The fourth-order valence-electron chi connectivity index (χ4n) is 4.00. The molecular weight excluding hydrogens is 610 g/mol. The topological polar surface area (TPSA) is 156 Å². The van der Waals surface area contributed by atoms with Crippen LogP contribution in [0.5, 0.6) is 5.75 Å². The second-order valence-corrected chi connectivity index (χ2v) is 10.2. The maximum absolute atomic E-state index is 14.1. The van der Waals surface area contributed by atoms with Gasteiger partial charge in [0.05, 0.1) is 21.8 Å². The number of anilines is 2. The van der Waals surface area contributed by atoms with E-state index in [9.17, 15) is 27.2 Å². The molecule has 6 N–H and O–H groups in total. The van der Waals surface area contributed by atoms with Crippen molar-refractivity contribution in [1.82, 2.24) is 10.3 Å². The van der Waals surface area contributed by atoms with Crippen molar-refractivity contribution in [2.75, 3.05) is 30.3 Å². The van der Waals surface area contributed by atoms with Gasteiger partial charge >= 0.3 is 12.1 Å². The highest BCUT2D eigenvalue weighted by Crippen LogP contribution is 2.29. The van der Waals surface area contributed by atoms with Crippen LogP contribution in [0.1, 0.15) is 52.0 Å². The second-order valence-electron chi connectivity index (χ2n) is 9.72. The number of benzene rings is 2. The number of piperidine rings is 1. The minimum Gasteiger partial charge on any atom is -0.489 e. The number of hydrogen-bond donors (Lipinski definition) is 5. The third-order valence-electron chi connectivity index (χ3n) is 6.44. The van der Waals surface area contributed by atoms with E-state index in [2.05, 4.69) is 20.9 Å². The van der Waals surface area contributed by atoms with Crippen LogP contribution in [-0.4, -0.2) is 59.8 Å². The molecule has 1 fully saturated rings. The smallest absolute Gasteiger partial charge is 0.489 e. The van der Waals surface area contributed by atoms with Crippen molar-refractivity contribution in [3.63, 3.8) is 0 Å². The largest absolute Gasteiger partial charge is 0.490 e. The van der Waals surface area contributed by atoms with Crippen LogP contribution in [0, 0.1) is 5.82 Å². The van der Waals surface area contributed by atoms with Crippen LogP contribution in [0.2, 0.25) is 5.02 Å². The third-order valence-corrected chi connectivity index (χ3v) is 6.66. The lowest BCUT2D eigenvalue weighted by Gasteiger charge is -2.25. The van der Waals surface area contributed by atoms with Gasteiger partial charge < -0.3 is 31.5 Å². The minimum absolute atomic E-state index is 0.0322. The number of nitrogens with one attached hydrogen (secondary N) is 3. The van der Waals surface area contributed by atoms with Gasteiger partial charge in [-0.1, -0.05) is 24.6 Å². The molecule has 236 valence electrons. The molecule has 1 aliphatic rings. The highest BCUT2D eigenvalue weighted by atomic mass is 35.5. The SMILES string of the molecule is CC(CN)c1ccc(C(=O)Nc2ccc(F)cc2C(=O)Nc2ccc(Cl)cn2)c(OC2CCNCC2)c1.O=C(O)C(F)(F)F. The van der Waals surface area contributed by atoms with Crippen molar-refractivity contribution in [3.05, 3.63) is 82.3 Å². The van der Waals surface area contributed by atoms with Gasteiger partial charge in [0.15, 0.2) is 0 Å². The van der Waals surface area contributed by atoms with Crippen molar-refractivity contribution in [2.45, 2.75) is 38.0 Å². The van der Waals surface area contributed by atoms with Crippen LogP contribution in [-0.2, 0) is 4.79 Å². The molecule has 2 amide bonds. The number of carbonyl (C=O) groups is 3. The summed E-state index contributed by atoms with van der Waals surface area (Å²) in [4.78, 5) is 39.3. The number of rotatable bonds is 8. The fraction of sp³-hybridized carbons (Fsp3) is 0.310. The van der Waals surface area contributed by atoms with Gasteiger partial charge in [-0.2, -0.15) is 13.2 Å². The Morgan fingerprint density at radius 3 is 2.32 bits per heavy atom. The summed E-state index contributed by atoms with van der Waals surface area (Å²) in [5.41, 5.74) is 7.20. The number of pyridine rings is 1. The molecule has 2 heterocycles. The fourth-order valence-corrected chi connectivity index (χ4v) is 4.11. The van der Waals surface area contributed by atoms with Crippen molar-refractivity contribution in [3.8, 4) is 5.75 Å². The first-order chi connectivity index (χ1) is 20.8. The number of halogens is 5. The van der Waals surface area contributed by atoms with Gasteiger partial charge in [-0.15, -0.1) is 0 Å². The molecule has 4 rings (SSSR count). The lowest BCUT2D eigenvalue weighted by atomic mass is 9.98. The Morgan fingerprint density at radius 1 is 1.07 bits per heavy atom. The highest BCUT2D eigenvalue weighted by Gasteiger charge is 2.38. The van der Waals surface area contributed by atoms with Crippen molar-refractivity contribution < 1.29 is 41.8 Å². The zero-order chi connectivity index (χ0) is 32.4. The molecule has 0 radical (unpaired) electrons. The number of carboxylic acid groups (broad SMARTS) is 1. The second kappa shape index (κ2) is 15.5. The van der Waals surface area contributed by atoms with Gasteiger partial charge in [0.25, 0.3) is 11.8 Å². The zero-order valence-corrected chi connectivity index (χ0v) is 24.1. The molecule has 1 saturated heterocycles. The summed E-state index contributed by atoms with van der Waals surface area (Å²) in [5.74, 6) is -3.74. The summed E-state index contributed by atoms with van der Waals surface area (Å²) >= 11 is 5.84. The Labute approximate surface area is 254 Å². The van der Waals surface area contributed by atoms with Crippen molar-refractivity contribution >= 4 is 40.9 Å². The molecule has 3 aromatic rings. The number of ether oxygens (including phenoxy) is 1. The van der Waals surface area contributed by atoms with E-state index >= 15 is 0 Å². The predicted octanol–water partition coefficient (Wildman–Crippen LogP) is 5.21. The van der Waals surface area contributed by atoms with Crippen LogP contribution in [0.3, 0.4) is 0 Å². The van der Waals surface area contributed by atoms with Gasteiger partial charge in [0, 0.05) is 6.20 Å². The van der Waals surface area contributed by atoms with E-state index in [1.165, 1.54) is 24.4 Å². The maximum Gasteiger partial charge on any atom is 0.490 e. The van der Waals surface area contributed by atoms with E-state index in [1.54, 1.807) is 12.1 Å². The summed E-state index contributed by atoms with van der Waals surface area (Å²) in [6, 6.07) is 12.0. The highest BCUT2D eigenvalue weighted by molar-refractivity contribution is 6.30. The summed E-state index contributed by atoms with van der Waals surface area (Å²) in [7, 11) is 0. The maximum atomic E-state index is 14.1. The molecular formula is C29H30ClF4N5O5. The van der Waals surface area contributed by atoms with Gasteiger partial charge in [0.2, 0.25) is 0 Å². The first-order valence-corrected chi connectivity index (χ1v) is 13.7. The molecule has 1 aromatic heterocycles. The molecule has 1 unspecified atom stereocenters. The Bertz CT molecular complexity index is 1470. The molecule has 0 bridgehead atoms. The number of carboxylic acids is 1. The van der Waals surface area contributed by atoms with E-state index in [0.717, 1.165) is 37.6 Å². The molecule has 44 heavy (non-hydrogen) atoms. The molecule has 10 nitrogen and oxygen atoms in total. The normalized spacial score (nSPS) is 14.1. The lowest BCUT2D eigenvalue weighted by Crippen LogP contribution is -2.34. The molecule has 1 aliphatic heterocycles. The lowest BCUT2D eigenvalue weighted by molar-refractivity contribution is -0.192. The number of carbonyl (C=O) groups excluding carboxylic acids is 2. The number of aromatic nitrogens is 1. The molecule has 2 aromatic carbocycles. The van der Waals surface area contributed by atoms with Crippen LogP contribution in [0.15, 0.2) is 54.7 Å². The van der Waals surface area contributed by atoms with E-state index in [4.69, 9.17) is 32.0 Å². The summed E-state index contributed by atoms with van der Waals surface area (Å²) in [5, 5.41) is 16.2. The number of nitrogens with zero attached hydrogens (tertiary/aromatic N) is 1. The van der Waals surface area contributed by atoms with Crippen molar-refractivity contribution in [1.29, 1.82) is 0 Å². The molecule has 15 heteroatoms.